The van der Waals surface area contributed by atoms with Gasteiger partial charge in [-0.15, -0.1) is 11.3 Å². The Balaban J connectivity index is 1.48. The molecule has 4 rings (SSSR count). The normalized spacial score (nSPS) is 19.7. The van der Waals surface area contributed by atoms with Gasteiger partial charge >= 0.3 is 0 Å². The molecule has 1 aromatic carbocycles. The van der Waals surface area contributed by atoms with E-state index in [1.54, 1.807) is 0 Å². The number of benzene rings is 1. The minimum atomic E-state index is -0.436. The van der Waals surface area contributed by atoms with Gasteiger partial charge in [0.2, 0.25) is 11.8 Å². The predicted octanol–water partition coefficient (Wildman–Crippen LogP) is 2.91. The van der Waals surface area contributed by atoms with Crippen LogP contribution in [-0.2, 0) is 22.4 Å². The molecule has 0 spiro atoms. The van der Waals surface area contributed by atoms with Crippen LogP contribution in [0.2, 0.25) is 0 Å². The highest BCUT2D eigenvalue weighted by molar-refractivity contribution is 7.14. The molecule has 2 aliphatic rings. The highest BCUT2D eigenvalue weighted by atomic mass is 32.1. The van der Waals surface area contributed by atoms with Crippen molar-refractivity contribution in [3.05, 3.63) is 34.7 Å². The van der Waals surface area contributed by atoms with Gasteiger partial charge in [-0.2, -0.15) is 0 Å². The van der Waals surface area contributed by atoms with Crippen LogP contribution in [0.5, 0.6) is 0 Å². The smallest absolute Gasteiger partial charge is 0.248 e. The average molecular weight is 341 g/mol. The van der Waals surface area contributed by atoms with E-state index in [9.17, 15) is 9.59 Å². The number of nitrogens with zero attached hydrogens (tertiary/aromatic N) is 1. The molecule has 1 aliphatic carbocycles. The fourth-order valence-electron chi connectivity index (χ4n) is 3.36. The topological polar surface area (TPSA) is 71.1 Å². The second-order valence-corrected chi connectivity index (χ2v) is 7.23. The molecule has 0 bridgehead atoms. The zero-order valence-corrected chi connectivity index (χ0v) is 14.1. The summed E-state index contributed by atoms with van der Waals surface area (Å²) in [6.07, 6.45) is 5.79. The van der Waals surface area contributed by atoms with Gasteiger partial charge < -0.3 is 10.6 Å². The number of aryl methyl sites for hydroxylation is 2. The Kier molecular flexibility index (Phi) is 4.06. The molecule has 2 amide bonds. The van der Waals surface area contributed by atoms with Crippen LogP contribution >= 0.6 is 11.3 Å². The minimum absolute atomic E-state index is 0.0657. The van der Waals surface area contributed by atoms with Crippen molar-refractivity contribution in [2.45, 2.75) is 44.6 Å². The number of thiazole rings is 1. The number of carbonyl (C=O) groups excluding carboxylic acids is 2. The molecule has 1 unspecified atom stereocenters. The minimum Gasteiger partial charge on any atom is -0.344 e. The molecule has 24 heavy (non-hydrogen) atoms. The Labute approximate surface area is 144 Å². The molecule has 0 saturated carbocycles. The van der Waals surface area contributed by atoms with Gasteiger partial charge in [-0.1, -0.05) is 12.1 Å². The Morgan fingerprint density at radius 1 is 1.21 bits per heavy atom. The van der Waals surface area contributed by atoms with Gasteiger partial charge in [0.1, 0.15) is 6.04 Å². The highest BCUT2D eigenvalue weighted by Gasteiger charge is 2.27. The van der Waals surface area contributed by atoms with E-state index in [0.29, 0.717) is 18.0 Å². The third-order valence-corrected chi connectivity index (χ3v) is 5.45. The third kappa shape index (κ3) is 3.06. The highest BCUT2D eigenvalue weighted by Crippen LogP contribution is 2.29. The summed E-state index contributed by atoms with van der Waals surface area (Å²) < 4.78 is 0. The second kappa shape index (κ2) is 6.36. The first-order chi connectivity index (χ1) is 11.7. The lowest BCUT2D eigenvalue weighted by molar-refractivity contribution is -0.122. The summed E-state index contributed by atoms with van der Waals surface area (Å²) in [4.78, 5) is 27.9. The summed E-state index contributed by atoms with van der Waals surface area (Å²) in [6, 6.07) is 6.11. The maximum absolute atomic E-state index is 12.1. The van der Waals surface area contributed by atoms with E-state index in [1.807, 2.05) is 5.38 Å². The first-order valence-corrected chi connectivity index (χ1v) is 9.25. The molecular weight excluding hydrogens is 322 g/mol. The van der Waals surface area contributed by atoms with Crippen LogP contribution in [0, 0.1) is 0 Å². The molecule has 124 valence electrons. The largest absolute Gasteiger partial charge is 0.344 e. The van der Waals surface area contributed by atoms with Crippen LogP contribution in [0.1, 0.15) is 36.8 Å². The molecule has 2 aromatic rings. The van der Waals surface area contributed by atoms with E-state index in [2.05, 4.69) is 33.8 Å². The molecule has 2 N–H and O–H groups in total. The fraction of sp³-hybridized carbons (Fsp3) is 0.389. The van der Waals surface area contributed by atoms with Gasteiger partial charge in [0.15, 0.2) is 5.13 Å². The van der Waals surface area contributed by atoms with Crippen molar-refractivity contribution < 1.29 is 9.59 Å². The number of hydrogen-bond donors (Lipinski definition) is 2. The molecular formula is C18H19N3O2S. The van der Waals surface area contributed by atoms with E-state index in [-0.39, 0.29) is 11.8 Å². The first kappa shape index (κ1) is 15.3. The van der Waals surface area contributed by atoms with E-state index in [1.165, 1.54) is 41.7 Å². The number of rotatable bonds is 3. The van der Waals surface area contributed by atoms with Crippen molar-refractivity contribution in [3.8, 4) is 11.3 Å². The van der Waals surface area contributed by atoms with Gasteiger partial charge in [0, 0.05) is 17.4 Å². The Hall–Kier alpha value is -2.21. The second-order valence-electron chi connectivity index (χ2n) is 6.38. The van der Waals surface area contributed by atoms with Crippen LogP contribution in [-0.4, -0.2) is 22.8 Å². The van der Waals surface area contributed by atoms with E-state index < -0.39 is 6.04 Å². The maximum Gasteiger partial charge on any atom is 0.248 e. The molecule has 1 atom stereocenters. The summed E-state index contributed by atoms with van der Waals surface area (Å²) in [5, 5.41) is 8.03. The Morgan fingerprint density at radius 2 is 2.04 bits per heavy atom. The van der Waals surface area contributed by atoms with Gasteiger partial charge in [0.05, 0.1) is 5.69 Å². The van der Waals surface area contributed by atoms with E-state index in [4.69, 9.17) is 0 Å². The van der Waals surface area contributed by atoms with Crippen molar-refractivity contribution in [2.24, 2.45) is 0 Å². The monoisotopic (exact) mass is 341 g/mol. The number of amides is 2. The standard InChI is InChI=1S/C18H19N3O2S/c22-16-8-7-14(19-16)17(23)21-18-20-15(10-24-18)13-6-5-11-3-1-2-4-12(11)9-13/h5-6,9-10,14H,1-4,7-8H2,(H,19,22)(H,20,21,23). The summed E-state index contributed by atoms with van der Waals surface area (Å²) >= 11 is 1.41. The van der Waals surface area contributed by atoms with Gasteiger partial charge in [-0.3, -0.25) is 9.59 Å². The van der Waals surface area contributed by atoms with Gasteiger partial charge in [-0.05, 0) is 49.3 Å². The van der Waals surface area contributed by atoms with Crippen molar-refractivity contribution in [2.75, 3.05) is 5.32 Å². The molecule has 5 nitrogen and oxygen atoms in total. The van der Waals surface area contributed by atoms with E-state index >= 15 is 0 Å². The quantitative estimate of drug-likeness (QED) is 0.902. The van der Waals surface area contributed by atoms with Crippen molar-refractivity contribution in [3.63, 3.8) is 0 Å². The zero-order valence-electron chi connectivity index (χ0n) is 13.3. The number of hydrogen-bond acceptors (Lipinski definition) is 4. The molecule has 0 radical (unpaired) electrons. The third-order valence-electron chi connectivity index (χ3n) is 4.69. The summed E-state index contributed by atoms with van der Waals surface area (Å²) in [5.41, 5.74) is 4.86. The Morgan fingerprint density at radius 3 is 2.83 bits per heavy atom. The van der Waals surface area contributed by atoms with Crippen LogP contribution in [0.4, 0.5) is 5.13 Å². The van der Waals surface area contributed by atoms with Gasteiger partial charge in [0.25, 0.3) is 0 Å². The van der Waals surface area contributed by atoms with Crippen molar-refractivity contribution >= 4 is 28.3 Å². The lowest BCUT2D eigenvalue weighted by Crippen LogP contribution is -2.37. The van der Waals surface area contributed by atoms with Crippen molar-refractivity contribution in [1.82, 2.24) is 10.3 Å². The molecule has 6 heteroatoms. The van der Waals surface area contributed by atoms with Crippen LogP contribution in [0.3, 0.4) is 0 Å². The molecule has 1 aromatic heterocycles. The molecule has 1 saturated heterocycles. The number of anilines is 1. The van der Waals surface area contributed by atoms with Crippen LogP contribution in [0.15, 0.2) is 23.6 Å². The molecule has 2 heterocycles. The fourth-order valence-corrected chi connectivity index (χ4v) is 4.08. The number of aromatic nitrogens is 1. The molecule has 1 aliphatic heterocycles. The molecule has 1 fully saturated rings. The predicted molar refractivity (Wildman–Crippen MR) is 94.0 cm³/mol. The van der Waals surface area contributed by atoms with Crippen LogP contribution < -0.4 is 10.6 Å². The summed E-state index contributed by atoms with van der Waals surface area (Å²) in [6.45, 7) is 0. The van der Waals surface area contributed by atoms with E-state index in [0.717, 1.165) is 17.7 Å². The number of carbonyl (C=O) groups is 2. The summed E-state index contributed by atoms with van der Waals surface area (Å²) in [5.74, 6) is -0.253. The average Bonchev–Trinajstić information content (AvgIpc) is 3.23. The maximum atomic E-state index is 12.1. The lowest BCUT2D eigenvalue weighted by atomic mass is 9.90. The van der Waals surface area contributed by atoms with Crippen LogP contribution in [0.25, 0.3) is 11.3 Å². The van der Waals surface area contributed by atoms with Crippen molar-refractivity contribution in [1.29, 1.82) is 0 Å². The SMILES string of the molecule is O=C1CCC(C(=O)Nc2nc(-c3ccc4c(c3)CCCC4)cs2)N1. The van der Waals surface area contributed by atoms with Gasteiger partial charge in [-0.25, -0.2) is 4.98 Å². The summed E-state index contributed by atoms with van der Waals surface area (Å²) in [7, 11) is 0. The zero-order chi connectivity index (χ0) is 16.5. The first-order valence-electron chi connectivity index (χ1n) is 8.37. The lowest BCUT2D eigenvalue weighted by Gasteiger charge is -2.16. The Bertz CT molecular complexity index is 799. The number of nitrogens with one attached hydrogen (secondary N) is 2. The number of fused-ring (bicyclic) bond motifs is 1.